The van der Waals surface area contributed by atoms with Crippen LogP contribution in [0.15, 0.2) is 71.6 Å². The van der Waals surface area contributed by atoms with Gasteiger partial charge in [0.2, 0.25) is 6.41 Å². The van der Waals surface area contributed by atoms with Crippen LogP contribution in [0.5, 0.6) is 0 Å². The zero-order chi connectivity index (χ0) is 35.2. The number of allylic oxidation sites excluding steroid dienone is 2. The van der Waals surface area contributed by atoms with Gasteiger partial charge in [-0.05, 0) is 125 Å². The number of anilines is 2. The van der Waals surface area contributed by atoms with Gasteiger partial charge in [0.15, 0.2) is 0 Å². The van der Waals surface area contributed by atoms with Crippen LogP contribution >= 0.6 is 0 Å². The molecule has 2 atom stereocenters. The Morgan fingerprint density at radius 1 is 1.06 bits per heavy atom. The molecule has 2 aromatic carbocycles. The van der Waals surface area contributed by atoms with E-state index in [1.807, 2.05) is 46.0 Å². The minimum Gasteiger partial charge on any atom is -0.379 e. The first kappa shape index (κ1) is 34.8. The highest BCUT2D eigenvalue weighted by molar-refractivity contribution is 5.99. The van der Waals surface area contributed by atoms with Crippen molar-refractivity contribution < 1.29 is 14.8 Å². The lowest BCUT2D eigenvalue weighted by atomic mass is 9.87. The van der Waals surface area contributed by atoms with Gasteiger partial charge < -0.3 is 25.8 Å². The molecule has 2 fully saturated rings. The second kappa shape index (κ2) is 16.1. The van der Waals surface area contributed by atoms with Gasteiger partial charge in [-0.25, -0.2) is 4.68 Å². The van der Waals surface area contributed by atoms with Gasteiger partial charge in [0.05, 0.1) is 22.6 Å². The molecule has 2 unspecified atom stereocenters. The highest BCUT2D eigenvalue weighted by Crippen LogP contribution is 2.36. The molecule has 1 aliphatic carbocycles. The van der Waals surface area contributed by atoms with Gasteiger partial charge in [0.25, 0.3) is 5.91 Å². The average Bonchev–Trinajstić information content (AvgIpc) is 3.61. The number of amides is 2. The highest BCUT2D eigenvalue weighted by Gasteiger charge is 2.32. The first-order chi connectivity index (χ1) is 25.0. The molecular weight excluding hydrogens is 642 g/mol. The van der Waals surface area contributed by atoms with E-state index < -0.39 is 0 Å². The van der Waals surface area contributed by atoms with Gasteiger partial charge in [-0.3, -0.25) is 20.3 Å². The fourth-order valence-electron chi connectivity index (χ4n) is 8.42. The normalized spacial score (nSPS) is 20.3. The van der Waals surface area contributed by atoms with E-state index in [9.17, 15) is 14.8 Å². The zero-order valence-corrected chi connectivity index (χ0v) is 29.5. The summed E-state index contributed by atoms with van der Waals surface area (Å²) in [5.41, 5.74) is 11.3. The van der Waals surface area contributed by atoms with E-state index in [4.69, 9.17) is 0 Å². The van der Waals surface area contributed by atoms with E-state index >= 15 is 0 Å². The van der Waals surface area contributed by atoms with Gasteiger partial charge in [-0.15, -0.1) is 5.10 Å². The molecule has 7 rings (SSSR count). The van der Waals surface area contributed by atoms with E-state index in [1.165, 1.54) is 19.3 Å². The maximum atomic E-state index is 14.1. The molecule has 4 aliphatic rings. The molecule has 270 valence electrons. The van der Waals surface area contributed by atoms with Crippen molar-refractivity contribution in [1.82, 2.24) is 35.4 Å². The number of aromatic nitrogens is 3. The molecule has 0 bridgehead atoms. The topological polar surface area (TPSA) is 140 Å². The second-order valence-electron chi connectivity index (χ2n) is 14.4. The number of hydrogen-bond acceptors (Lipinski definition) is 9. The molecule has 51 heavy (non-hydrogen) atoms. The monoisotopic (exact) mass is 693 g/mol. The Bertz CT molecular complexity index is 1810. The predicted octanol–water partition coefficient (Wildman–Crippen LogP) is 5.42. The number of piperidine rings is 2. The summed E-state index contributed by atoms with van der Waals surface area (Å²) in [4.78, 5) is 29.8. The fourth-order valence-corrected chi connectivity index (χ4v) is 8.42. The molecule has 12 nitrogen and oxygen atoms in total. The number of benzene rings is 2. The molecule has 3 aliphatic heterocycles. The van der Waals surface area contributed by atoms with E-state index in [1.54, 1.807) is 0 Å². The van der Waals surface area contributed by atoms with Gasteiger partial charge in [0, 0.05) is 48.7 Å². The molecule has 1 aromatic heterocycles. The van der Waals surface area contributed by atoms with Crippen molar-refractivity contribution in [3.05, 3.63) is 77.2 Å². The maximum absolute atomic E-state index is 14.1. The van der Waals surface area contributed by atoms with E-state index in [0.29, 0.717) is 31.4 Å². The van der Waals surface area contributed by atoms with Crippen LogP contribution < -0.4 is 21.4 Å². The third kappa shape index (κ3) is 7.82. The first-order valence-corrected chi connectivity index (χ1v) is 18.8. The van der Waals surface area contributed by atoms with Crippen LogP contribution in [0.3, 0.4) is 0 Å². The summed E-state index contributed by atoms with van der Waals surface area (Å²) in [5.74, 6) is 0.0704. The fraction of sp³-hybridized carbons (Fsp3) is 0.487. The number of nitrogens with zero attached hydrogens (tertiary/aromatic N) is 5. The summed E-state index contributed by atoms with van der Waals surface area (Å²) >= 11 is 0. The number of rotatable bonds is 13. The van der Waals surface area contributed by atoms with Crippen LogP contribution in [0.1, 0.15) is 76.2 Å². The molecule has 3 aromatic rings. The Labute approximate surface area is 300 Å². The first-order valence-electron chi connectivity index (χ1n) is 18.8. The molecule has 4 heterocycles. The number of carbonyl (C=O) groups excluding carboxylic acids is 2. The minimum absolute atomic E-state index is 0.00777. The summed E-state index contributed by atoms with van der Waals surface area (Å²) in [6.07, 6.45) is 14.7. The predicted molar refractivity (Wildman–Crippen MR) is 200 cm³/mol. The van der Waals surface area contributed by atoms with Crippen molar-refractivity contribution in [1.29, 1.82) is 0 Å². The van der Waals surface area contributed by atoms with Crippen molar-refractivity contribution in [3.63, 3.8) is 0 Å². The minimum atomic E-state index is -0.00777. The molecule has 12 heteroatoms. The number of para-hydroxylation sites is 1. The van der Waals surface area contributed by atoms with Crippen molar-refractivity contribution in [2.24, 2.45) is 0 Å². The summed E-state index contributed by atoms with van der Waals surface area (Å²) in [6.45, 7) is 8.17. The molecule has 0 radical (unpaired) electrons. The lowest BCUT2D eigenvalue weighted by Crippen LogP contribution is -2.46. The molecule has 5 N–H and O–H groups in total. The summed E-state index contributed by atoms with van der Waals surface area (Å²) < 4.78 is 1.81. The van der Waals surface area contributed by atoms with Gasteiger partial charge in [-0.2, -0.15) is 0 Å². The van der Waals surface area contributed by atoms with Gasteiger partial charge in [0.1, 0.15) is 5.52 Å². The highest BCUT2D eigenvalue weighted by atomic mass is 16.5. The van der Waals surface area contributed by atoms with Crippen LogP contribution in [-0.2, 0) is 16.0 Å². The molecular formula is C39H51N9O3. The maximum Gasteiger partial charge on any atom is 0.254 e. The average molecular weight is 694 g/mol. The van der Waals surface area contributed by atoms with Crippen LogP contribution in [0.4, 0.5) is 11.4 Å². The second-order valence-corrected chi connectivity index (χ2v) is 14.4. The SMILES string of the molecule is C=C1C=C(C(=O)N2CCCC(Nc3c(CCC(CCNC=O)N4CCCCC4)cc(-n4nnc5ccccc54)cc3NO)C2)C2=C(CCCC2)N1. The number of hydrogen-bond donors (Lipinski definition) is 5. The third-order valence-corrected chi connectivity index (χ3v) is 11.0. The lowest BCUT2D eigenvalue weighted by Gasteiger charge is -2.37. The molecule has 0 spiro atoms. The van der Waals surface area contributed by atoms with Crippen molar-refractivity contribution >= 4 is 34.7 Å². The van der Waals surface area contributed by atoms with E-state index in [-0.39, 0.29) is 11.9 Å². The number of aryl methyl sites for hydroxylation is 1. The van der Waals surface area contributed by atoms with Crippen molar-refractivity contribution in [2.75, 3.05) is 43.5 Å². The van der Waals surface area contributed by atoms with Gasteiger partial charge >= 0.3 is 0 Å². The number of likely N-dealkylation sites (tertiary alicyclic amines) is 2. The Morgan fingerprint density at radius 3 is 2.75 bits per heavy atom. The zero-order valence-electron chi connectivity index (χ0n) is 29.5. The van der Waals surface area contributed by atoms with Crippen LogP contribution in [0.2, 0.25) is 0 Å². The largest absolute Gasteiger partial charge is 0.379 e. The van der Waals surface area contributed by atoms with E-state index in [2.05, 4.69) is 49.3 Å². The van der Waals surface area contributed by atoms with E-state index in [0.717, 1.165) is 128 Å². The van der Waals surface area contributed by atoms with Crippen molar-refractivity contribution in [2.45, 2.75) is 89.1 Å². The number of nitrogens with one attached hydrogen (secondary N) is 4. The quantitative estimate of drug-likeness (QED) is 0.0903. The van der Waals surface area contributed by atoms with Crippen LogP contribution in [0, 0.1) is 0 Å². The lowest BCUT2D eigenvalue weighted by molar-refractivity contribution is -0.128. The molecule has 2 saturated heterocycles. The number of fused-ring (bicyclic) bond motifs is 1. The smallest absolute Gasteiger partial charge is 0.254 e. The number of carbonyl (C=O) groups is 2. The summed E-state index contributed by atoms with van der Waals surface area (Å²) in [6, 6.07) is 12.2. The standard InChI is InChI=1S/C39H51N9O3/c1-27-22-33(32-11-3-4-12-34(32)41-27)39(50)47-21-9-10-29(25-47)42-38-28(15-16-30(17-18-40-26-49)46-19-7-2-8-20-46)23-31(24-36(38)44-51)48-37-14-6-5-13-35(37)43-45-48/h5-6,13-14,22-24,26,29-30,41-42,44,51H,1-4,7-12,15-21,25H2,(H,40,49). The Morgan fingerprint density at radius 2 is 1.90 bits per heavy atom. The molecule has 2 amide bonds. The molecule has 0 saturated carbocycles. The summed E-state index contributed by atoms with van der Waals surface area (Å²) in [7, 11) is 0. The van der Waals surface area contributed by atoms with Crippen molar-refractivity contribution in [3.8, 4) is 5.69 Å². The number of dihydropyridines is 1. The van der Waals surface area contributed by atoms with Gasteiger partial charge in [-0.1, -0.05) is 30.3 Å². The Balaban J connectivity index is 1.17. The summed E-state index contributed by atoms with van der Waals surface area (Å²) in [5, 5.41) is 29.5. The van der Waals surface area contributed by atoms with Crippen LogP contribution in [-0.4, -0.2) is 87.1 Å². The Hall–Kier alpha value is -4.68. The Kier molecular flexibility index (Phi) is 11.0. The van der Waals surface area contributed by atoms with Crippen LogP contribution in [0.25, 0.3) is 16.7 Å². The third-order valence-electron chi connectivity index (χ3n) is 11.0.